The molecule has 1 aliphatic carbocycles. The molecule has 1 saturated heterocycles. The monoisotopic (exact) mass is 309 g/mol. The number of hydrogen-bond donors (Lipinski definition) is 1. The van der Waals surface area contributed by atoms with Gasteiger partial charge in [-0.3, -0.25) is 0 Å². The number of ether oxygens (including phenoxy) is 1. The first-order valence-corrected chi connectivity index (χ1v) is 7.71. The van der Waals surface area contributed by atoms with Gasteiger partial charge in [0, 0.05) is 23.7 Å². The van der Waals surface area contributed by atoms with E-state index in [1.165, 1.54) is 41.3 Å². The van der Waals surface area contributed by atoms with Gasteiger partial charge in [0.15, 0.2) is 0 Å². The van der Waals surface area contributed by atoms with E-state index >= 15 is 0 Å². The third-order valence-corrected chi connectivity index (χ3v) is 4.58. The van der Waals surface area contributed by atoms with Crippen molar-refractivity contribution >= 4 is 15.9 Å². The number of aryl methyl sites for hydroxylation is 1. The first kappa shape index (κ1) is 12.6. The quantitative estimate of drug-likeness (QED) is 0.923. The molecule has 98 valence electrons. The van der Waals surface area contributed by atoms with E-state index in [1.807, 2.05) is 0 Å². The van der Waals surface area contributed by atoms with E-state index in [1.54, 1.807) is 0 Å². The average Bonchev–Trinajstić information content (AvgIpc) is 2.80. The second-order valence-electron chi connectivity index (χ2n) is 5.43. The predicted octanol–water partition coefficient (Wildman–Crippen LogP) is 3.45. The lowest BCUT2D eigenvalue weighted by molar-refractivity contribution is 0.0538. The Balaban J connectivity index is 1.59. The summed E-state index contributed by atoms with van der Waals surface area (Å²) in [6.07, 6.45) is 4.97. The average molecular weight is 310 g/mol. The Morgan fingerprint density at radius 1 is 1.33 bits per heavy atom. The van der Waals surface area contributed by atoms with Gasteiger partial charge >= 0.3 is 0 Å². The number of halogens is 1. The van der Waals surface area contributed by atoms with Crippen molar-refractivity contribution < 1.29 is 4.74 Å². The number of nitrogens with one attached hydrogen (secondary N) is 1. The molecule has 2 atom stereocenters. The van der Waals surface area contributed by atoms with Crippen molar-refractivity contribution in [1.82, 2.24) is 5.32 Å². The Kier molecular flexibility index (Phi) is 4.02. The van der Waals surface area contributed by atoms with Gasteiger partial charge in [-0.2, -0.15) is 0 Å². The molecule has 0 spiro atoms. The minimum absolute atomic E-state index is 0.551. The highest BCUT2D eigenvalue weighted by molar-refractivity contribution is 9.10. The van der Waals surface area contributed by atoms with Crippen molar-refractivity contribution in [2.24, 2.45) is 5.92 Å². The molecule has 0 radical (unpaired) electrons. The fourth-order valence-electron chi connectivity index (χ4n) is 3.08. The summed E-state index contributed by atoms with van der Waals surface area (Å²) in [4.78, 5) is 0. The summed E-state index contributed by atoms with van der Waals surface area (Å²) in [7, 11) is 0. The smallest absolute Gasteiger partial charge is 0.0506 e. The van der Waals surface area contributed by atoms with Crippen LogP contribution in [0.3, 0.4) is 0 Å². The van der Waals surface area contributed by atoms with Crippen LogP contribution in [-0.4, -0.2) is 19.8 Å². The summed E-state index contributed by atoms with van der Waals surface area (Å²) in [5.41, 5.74) is 3.00. The molecule has 1 aromatic rings. The SMILES string of the molecule is Brc1ccc2c(c1)CCC2NCC1CCCOC1. The first-order chi connectivity index (χ1) is 8.83. The van der Waals surface area contributed by atoms with Crippen LogP contribution >= 0.6 is 15.9 Å². The van der Waals surface area contributed by atoms with Crippen LogP contribution in [0.2, 0.25) is 0 Å². The molecule has 1 aromatic carbocycles. The van der Waals surface area contributed by atoms with Gasteiger partial charge in [0.1, 0.15) is 0 Å². The molecule has 2 unspecified atom stereocenters. The summed E-state index contributed by atoms with van der Waals surface area (Å²) in [6.45, 7) is 2.99. The predicted molar refractivity (Wildman–Crippen MR) is 76.7 cm³/mol. The molecule has 1 aliphatic heterocycles. The molecular weight excluding hydrogens is 290 g/mol. The fourth-order valence-corrected chi connectivity index (χ4v) is 3.48. The molecule has 18 heavy (non-hydrogen) atoms. The first-order valence-electron chi connectivity index (χ1n) is 6.92. The summed E-state index contributed by atoms with van der Waals surface area (Å²) in [5, 5.41) is 3.73. The maximum Gasteiger partial charge on any atom is 0.0506 e. The zero-order valence-electron chi connectivity index (χ0n) is 10.6. The molecular formula is C15H20BrNO. The van der Waals surface area contributed by atoms with E-state index in [0.29, 0.717) is 12.0 Å². The van der Waals surface area contributed by atoms with Crippen LogP contribution < -0.4 is 5.32 Å². The van der Waals surface area contributed by atoms with E-state index in [0.717, 1.165) is 19.8 Å². The Morgan fingerprint density at radius 3 is 3.11 bits per heavy atom. The second kappa shape index (κ2) is 5.72. The topological polar surface area (TPSA) is 21.3 Å². The molecule has 0 aromatic heterocycles. The number of rotatable bonds is 3. The van der Waals surface area contributed by atoms with Crippen LogP contribution in [0.25, 0.3) is 0 Å². The Hall–Kier alpha value is -0.380. The van der Waals surface area contributed by atoms with Gasteiger partial charge in [-0.15, -0.1) is 0 Å². The lowest BCUT2D eigenvalue weighted by Gasteiger charge is -2.24. The zero-order chi connectivity index (χ0) is 12.4. The molecule has 1 heterocycles. The van der Waals surface area contributed by atoms with Gasteiger partial charge < -0.3 is 10.1 Å². The van der Waals surface area contributed by atoms with E-state index in [4.69, 9.17) is 4.74 Å². The molecule has 1 fully saturated rings. The van der Waals surface area contributed by atoms with Crippen LogP contribution in [0.15, 0.2) is 22.7 Å². The molecule has 3 heteroatoms. The number of fused-ring (bicyclic) bond motifs is 1. The van der Waals surface area contributed by atoms with Crippen molar-refractivity contribution in [3.05, 3.63) is 33.8 Å². The highest BCUT2D eigenvalue weighted by Gasteiger charge is 2.23. The van der Waals surface area contributed by atoms with Crippen molar-refractivity contribution in [3.8, 4) is 0 Å². The van der Waals surface area contributed by atoms with Crippen LogP contribution in [0.4, 0.5) is 0 Å². The molecule has 0 amide bonds. The highest BCUT2D eigenvalue weighted by atomic mass is 79.9. The summed E-state index contributed by atoms with van der Waals surface area (Å²) in [5.74, 6) is 0.707. The highest BCUT2D eigenvalue weighted by Crippen LogP contribution is 2.33. The normalized spacial score (nSPS) is 27.2. The van der Waals surface area contributed by atoms with E-state index < -0.39 is 0 Å². The van der Waals surface area contributed by atoms with Crippen LogP contribution in [0, 0.1) is 5.92 Å². The standard InChI is InChI=1S/C15H20BrNO/c16-13-4-5-14-12(8-13)3-6-15(14)17-9-11-2-1-7-18-10-11/h4-5,8,11,15,17H,1-3,6-7,9-10H2. The maximum atomic E-state index is 5.54. The van der Waals surface area contributed by atoms with E-state index in [-0.39, 0.29) is 0 Å². The minimum Gasteiger partial charge on any atom is -0.381 e. The van der Waals surface area contributed by atoms with Crippen molar-refractivity contribution in [3.63, 3.8) is 0 Å². The van der Waals surface area contributed by atoms with Gasteiger partial charge in [-0.05, 0) is 54.9 Å². The molecule has 0 bridgehead atoms. The maximum absolute atomic E-state index is 5.54. The van der Waals surface area contributed by atoms with E-state index in [2.05, 4.69) is 39.4 Å². The lowest BCUT2D eigenvalue weighted by atomic mass is 10.0. The zero-order valence-corrected chi connectivity index (χ0v) is 12.2. The summed E-state index contributed by atoms with van der Waals surface area (Å²) in [6, 6.07) is 7.24. The second-order valence-corrected chi connectivity index (χ2v) is 6.34. The van der Waals surface area contributed by atoms with Crippen molar-refractivity contribution in [2.45, 2.75) is 31.7 Å². The molecule has 0 saturated carbocycles. The number of hydrogen-bond acceptors (Lipinski definition) is 2. The van der Waals surface area contributed by atoms with Gasteiger partial charge in [-0.25, -0.2) is 0 Å². The summed E-state index contributed by atoms with van der Waals surface area (Å²) >= 11 is 3.55. The lowest BCUT2D eigenvalue weighted by Crippen LogP contribution is -2.31. The van der Waals surface area contributed by atoms with Gasteiger partial charge in [0.2, 0.25) is 0 Å². The summed E-state index contributed by atoms with van der Waals surface area (Å²) < 4.78 is 6.73. The Morgan fingerprint density at radius 2 is 2.28 bits per heavy atom. The Bertz CT molecular complexity index is 415. The minimum atomic E-state index is 0.551. The van der Waals surface area contributed by atoms with Gasteiger partial charge in [0.05, 0.1) is 6.61 Å². The van der Waals surface area contributed by atoms with Crippen LogP contribution in [0.5, 0.6) is 0 Å². The third kappa shape index (κ3) is 2.79. The van der Waals surface area contributed by atoms with E-state index in [9.17, 15) is 0 Å². The van der Waals surface area contributed by atoms with Gasteiger partial charge in [0.25, 0.3) is 0 Å². The largest absolute Gasteiger partial charge is 0.381 e. The van der Waals surface area contributed by atoms with Crippen molar-refractivity contribution in [1.29, 1.82) is 0 Å². The molecule has 2 nitrogen and oxygen atoms in total. The van der Waals surface area contributed by atoms with Crippen LogP contribution in [0.1, 0.15) is 36.4 Å². The Labute approximate surface area is 117 Å². The fraction of sp³-hybridized carbons (Fsp3) is 0.600. The molecule has 2 aliphatic rings. The molecule has 1 N–H and O–H groups in total. The third-order valence-electron chi connectivity index (χ3n) is 4.09. The van der Waals surface area contributed by atoms with Gasteiger partial charge in [-0.1, -0.05) is 22.0 Å². The number of benzene rings is 1. The van der Waals surface area contributed by atoms with Crippen molar-refractivity contribution in [2.75, 3.05) is 19.8 Å². The molecule has 3 rings (SSSR count). The van der Waals surface area contributed by atoms with Crippen LogP contribution in [-0.2, 0) is 11.2 Å².